The van der Waals surface area contributed by atoms with Crippen LogP contribution in [0.1, 0.15) is 22.5 Å². The third kappa shape index (κ3) is 3.76. The van der Waals surface area contributed by atoms with Gasteiger partial charge in [0.05, 0.1) is 19.9 Å². The Morgan fingerprint density at radius 1 is 0.963 bits per heavy atom. The summed E-state index contributed by atoms with van der Waals surface area (Å²) in [5.41, 5.74) is 9.57. The number of benzene rings is 2. The monoisotopic (exact) mass is 369 g/mol. The molecule has 7 heteroatoms. The van der Waals surface area contributed by atoms with Gasteiger partial charge >= 0.3 is 0 Å². The molecule has 0 bridgehead atoms. The van der Waals surface area contributed by atoms with Crippen molar-refractivity contribution in [3.63, 3.8) is 0 Å². The summed E-state index contributed by atoms with van der Waals surface area (Å²) in [4.78, 5) is 4.48. The normalized spacial score (nSPS) is 10.8. The van der Waals surface area contributed by atoms with E-state index in [0.29, 0.717) is 18.8 Å². The summed E-state index contributed by atoms with van der Waals surface area (Å²) in [5, 5.41) is 20.1. The summed E-state index contributed by atoms with van der Waals surface area (Å²) in [6.07, 6.45) is 1.07. The predicted molar refractivity (Wildman–Crippen MR) is 103 cm³/mol. The fraction of sp³-hybridized carbons (Fsp3) is 0.250. The molecule has 0 saturated carbocycles. The third-order valence-corrected chi connectivity index (χ3v) is 4.55. The van der Waals surface area contributed by atoms with Crippen LogP contribution < -0.4 is 15.2 Å². The van der Waals surface area contributed by atoms with Crippen molar-refractivity contribution in [2.75, 3.05) is 20.0 Å². The first-order valence-electron chi connectivity index (χ1n) is 8.44. The van der Waals surface area contributed by atoms with Crippen molar-refractivity contribution in [2.24, 2.45) is 7.05 Å². The van der Waals surface area contributed by atoms with Gasteiger partial charge in [0.15, 0.2) is 17.4 Å². The van der Waals surface area contributed by atoms with Crippen LogP contribution in [0.5, 0.6) is 23.0 Å². The molecule has 2 aromatic carbocycles. The van der Waals surface area contributed by atoms with Gasteiger partial charge in [0.2, 0.25) is 5.75 Å². The van der Waals surface area contributed by atoms with E-state index in [-0.39, 0.29) is 17.2 Å². The summed E-state index contributed by atoms with van der Waals surface area (Å²) in [5.74, 6) is 1.04. The Balaban J connectivity index is 1.91. The van der Waals surface area contributed by atoms with Crippen molar-refractivity contribution in [1.82, 2.24) is 9.55 Å². The van der Waals surface area contributed by atoms with Crippen LogP contribution in [-0.2, 0) is 19.9 Å². The zero-order valence-corrected chi connectivity index (χ0v) is 15.6. The number of hydrogen-bond acceptors (Lipinski definition) is 6. The molecule has 0 amide bonds. The molecule has 1 heterocycles. The summed E-state index contributed by atoms with van der Waals surface area (Å²) in [6.45, 7) is 0. The van der Waals surface area contributed by atoms with E-state index in [1.807, 2.05) is 35.9 Å². The van der Waals surface area contributed by atoms with Crippen molar-refractivity contribution in [3.8, 4) is 23.0 Å². The van der Waals surface area contributed by atoms with E-state index in [1.165, 1.54) is 7.11 Å². The van der Waals surface area contributed by atoms with E-state index in [9.17, 15) is 10.2 Å². The lowest BCUT2D eigenvalue weighted by Gasteiger charge is -2.11. The summed E-state index contributed by atoms with van der Waals surface area (Å²) >= 11 is 0. The highest BCUT2D eigenvalue weighted by molar-refractivity contribution is 5.53. The number of aromatic nitrogens is 2. The quantitative estimate of drug-likeness (QED) is 0.617. The average Bonchev–Trinajstić information content (AvgIpc) is 2.90. The first-order valence-corrected chi connectivity index (χ1v) is 8.44. The van der Waals surface area contributed by atoms with Gasteiger partial charge in [-0.1, -0.05) is 12.1 Å². The SMILES string of the molecule is COc1ccc(Cc2nc(N)n(C)c2Cc2cc(O)c(OC)c(O)c2)cc1. The maximum atomic E-state index is 10.0. The zero-order valence-electron chi connectivity index (χ0n) is 15.6. The maximum Gasteiger partial charge on any atom is 0.202 e. The summed E-state index contributed by atoms with van der Waals surface area (Å²) < 4.78 is 12.0. The van der Waals surface area contributed by atoms with Crippen molar-refractivity contribution in [2.45, 2.75) is 12.8 Å². The van der Waals surface area contributed by atoms with Gasteiger partial charge in [0.25, 0.3) is 0 Å². The van der Waals surface area contributed by atoms with E-state index in [0.717, 1.165) is 28.3 Å². The van der Waals surface area contributed by atoms with Gasteiger partial charge in [-0.05, 0) is 35.4 Å². The molecule has 0 unspecified atom stereocenters. The number of phenols is 2. The Hall–Kier alpha value is -3.35. The van der Waals surface area contributed by atoms with Crippen LogP contribution >= 0.6 is 0 Å². The van der Waals surface area contributed by atoms with E-state index in [4.69, 9.17) is 15.2 Å². The topological polar surface area (TPSA) is 103 Å². The highest BCUT2D eigenvalue weighted by atomic mass is 16.5. The van der Waals surface area contributed by atoms with Gasteiger partial charge in [-0.25, -0.2) is 4.98 Å². The number of aromatic hydroxyl groups is 2. The van der Waals surface area contributed by atoms with Gasteiger partial charge in [-0.2, -0.15) is 0 Å². The molecule has 0 aliphatic heterocycles. The molecule has 1 aromatic heterocycles. The second-order valence-electron chi connectivity index (χ2n) is 6.29. The lowest BCUT2D eigenvalue weighted by Crippen LogP contribution is -2.04. The molecule has 0 spiro atoms. The minimum atomic E-state index is -0.112. The molecule has 0 saturated heterocycles. The van der Waals surface area contributed by atoms with Crippen molar-refractivity contribution in [3.05, 3.63) is 58.9 Å². The Morgan fingerprint density at radius 3 is 2.15 bits per heavy atom. The van der Waals surface area contributed by atoms with E-state index >= 15 is 0 Å². The Labute approximate surface area is 157 Å². The Bertz CT molecular complexity index is 926. The molecule has 0 aliphatic rings. The summed E-state index contributed by atoms with van der Waals surface area (Å²) in [6, 6.07) is 10.9. The number of nitrogens with two attached hydrogens (primary N) is 1. The second-order valence-corrected chi connectivity index (χ2v) is 6.29. The number of phenolic OH excluding ortho intramolecular Hbond substituents is 2. The first-order chi connectivity index (χ1) is 12.9. The minimum absolute atomic E-state index is 0.0572. The van der Waals surface area contributed by atoms with Crippen LogP contribution in [0.2, 0.25) is 0 Å². The number of hydrogen-bond donors (Lipinski definition) is 3. The molecule has 3 aromatic rings. The lowest BCUT2D eigenvalue weighted by atomic mass is 10.0. The fourth-order valence-corrected chi connectivity index (χ4v) is 3.07. The van der Waals surface area contributed by atoms with Gasteiger partial charge in [0, 0.05) is 25.6 Å². The van der Waals surface area contributed by atoms with Crippen LogP contribution in [0, 0.1) is 0 Å². The molecule has 0 atom stereocenters. The molecule has 0 radical (unpaired) electrons. The maximum absolute atomic E-state index is 10.0. The van der Waals surface area contributed by atoms with Crippen LogP contribution in [0.15, 0.2) is 36.4 Å². The first kappa shape index (κ1) is 18.4. The highest BCUT2D eigenvalue weighted by Crippen LogP contribution is 2.37. The molecule has 27 heavy (non-hydrogen) atoms. The lowest BCUT2D eigenvalue weighted by molar-refractivity contribution is 0.344. The number of nitrogen functional groups attached to an aromatic ring is 1. The predicted octanol–water partition coefficient (Wildman–Crippen LogP) is 2.61. The van der Waals surface area contributed by atoms with Crippen LogP contribution in [0.4, 0.5) is 5.95 Å². The van der Waals surface area contributed by atoms with Crippen molar-refractivity contribution in [1.29, 1.82) is 0 Å². The number of nitrogens with zero attached hydrogens (tertiary/aromatic N) is 2. The molecular weight excluding hydrogens is 346 g/mol. The molecule has 142 valence electrons. The second kappa shape index (κ2) is 7.49. The van der Waals surface area contributed by atoms with E-state index in [2.05, 4.69) is 4.98 Å². The minimum Gasteiger partial charge on any atom is -0.504 e. The molecule has 0 fully saturated rings. The summed E-state index contributed by atoms with van der Waals surface area (Å²) in [7, 11) is 4.87. The largest absolute Gasteiger partial charge is 0.504 e. The van der Waals surface area contributed by atoms with Gasteiger partial charge < -0.3 is 30.0 Å². The number of ether oxygens (including phenoxy) is 2. The zero-order chi connectivity index (χ0) is 19.6. The van der Waals surface area contributed by atoms with Crippen molar-refractivity contribution >= 4 is 5.95 Å². The third-order valence-electron chi connectivity index (χ3n) is 4.55. The smallest absolute Gasteiger partial charge is 0.202 e. The molecule has 4 N–H and O–H groups in total. The van der Waals surface area contributed by atoms with Gasteiger partial charge in [-0.15, -0.1) is 0 Å². The van der Waals surface area contributed by atoms with Crippen LogP contribution in [0.3, 0.4) is 0 Å². The standard InChI is InChI=1S/C20H23N3O4/c1-23-16(9-13-10-17(24)19(27-3)18(25)11-13)15(22-20(23)21)8-12-4-6-14(26-2)7-5-12/h4-7,10-11,24-25H,8-9H2,1-3H3,(H2,21,22). The van der Waals surface area contributed by atoms with Crippen LogP contribution in [-0.4, -0.2) is 34.0 Å². The van der Waals surface area contributed by atoms with Crippen LogP contribution in [0.25, 0.3) is 0 Å². The van der Waals surface area contributed by atoms with Gasteiger partial charge in [-0.3, -0.25) is 0 Å². The van der Waals surface area contributed by atoms with Gasteiger partial charge in [0.1, 0.15) is 5.75 Å². The molecule has 3 rings (SSSR count). The molecular formula is C20H23N3O4. The highest BCUT2D eigenvalue weighted by Gasteiger charge is 2.17. The fourth-order valence-electron chi connectivity index (χ4n) is 3.07. The Kier molecular flexibility index (Phi) is 5.12. The number of rotatable bonds is 6. The molecule has 7 nitrogen and oxygen atoms in total. The van der Waals surface area contributed by atoms with E-state index < -0.39 is 0 Å². The average molecular weight is 369 g/mol. The van der Waals surface area contributed by atoms with Crippen molar-refractivity contribution < 1.29 is 19.7 Å². The Morgan fingerprint density at radius 2 is 1.59 bits per heavy atom. The molecule has 0 aliphatic carbocycles. The number of imidazole rings is 1. The van der Waals surface area contributed by atoms with E-state index in [1.54, 1.807) is 19.2 Å². The number of methoxy groups -OCH3 is 2. The number of anilines is 1.